The molecule has 1 atom stereocenters. The summed E-state index contributed by atoms with van der Waals surface area (Å²) < 4.78 is 9.98. The van der Waals surface area contributed by atoms with E-state index in [-0.39, 0.29) is 0 Å². The van der Waals surface area contributed by atoms with Gasteiger partial charge in [0.25, 0.3) is 0 Å². The van der Waals surface area contributed by atoms with Crippen LogP contribution in [-0.4, -0.2) is 19.2 Å². The van der Waals surface area contributed by atoms with E-state index in [1.54, 1.807) is 13.0 Å². The average molecular weight is 308 g/mol. The molecule has 1 aromatic rings. The molecule has 1 rings (SSSR count). The van der Waals surface area contributed by atoms with Crippen molar-refractivity contribution in [3.63, 3.8) is 0 Å². The lowest BCUT2D eigenvalue weighted by Crippen LogP contribution is -2.24. The molecule has 0 saturated heterocycles. The molecule has 0 spiro atoms. The number of hydrogen-bond donors (Lipinski definition) is 0. The number of benzene rings is 1. The molecule has 0 heterocycles. The maximum absolute atomic E-state index is 11.2. The molecule has 0 aliphatic heterocycles. The third-order valence-corrected chi connectivity index (χ3v) is 2.80. The third-order valence-electron chi connectivity index (χ3n) is 1.93. The molecule has 1 aromatic carbocycles. The number of hydrogen-bond acceptors (Lipinski definition) is 3. The molecule has 0 amide bonds. The van der Waals surface area contributed by atoms with E-state index >= 15 is 0 Å². The summed E-state index contributed by atoms with van der Waals surface area (Å²) in [5, 5.41) is 1.25. The van der Waals surface area contributed by atoms with E-state index in [9.17, 15) is 4.79 Å². The van der Waals surface area contributed by atoms with Crippen molar-refractivity contribution in [3.05, 3.63) is 28.8 Å². The Labute approximate surface area is 108 Å². The first-order chi connectivity index (χ1) is 7.56. The zero-order valence-corrected chi connectivity index (χ0v) is 11.3. The number of carbonyl (C=O) groups excluding carboxylic acids is 1. The Kier molecular flexibility index (Phi) is 5.09. The molecule has 0 aliphatic carbocycles. The van der Waals surface area contributed by atoms with Gasteiger partial charge in [-0.3, -0.25) is 0 Å². The van der Waals surface area contributed by atoms with Crippen molar-refractivity contribution < 1.29 is 14.3 Å². The Bertz CT molecular complexity index is 381. The number of carbonyl (C=O) groups is 1. The monoisotopic (exact) mass is 306 g/mol. The van der Waals surface area contributed by atoms with Crippen LogP contribution in [0.3, 0.4) is 0 Å². The highest BCUT2D eigenvalue weighted by Crippen LogP contribution is 2.23. The van der Waals surface area contributed by atoms with Crippen LogP contribution >= 0.6 is 27.5 Å². The van der Waals surface area contributed by atoms with Crippen molar-refractivity contribution in [2.24, 2.45) is 0 Å². The van der Waals surface area contributed by atoms with Gasteiger partial charge in [-0.05, 0) is 30.7 Å². The van der Waals surface area contributed by atoms with Crippen molar-refractivity contribution in [1.82, 2.24) is 0 Å². The SMILES string of the molecule is COC(=O)[C@@H](C)Oc1cc(Cl)cc(CBr)c1. The van der Waals surface area contributed by atoms with Gasteiger partial charge in [-0.15, -0.1) is 0 Å². The molecule has 0 N–H and O–H groups in total. The van der Waals surface area contributed by atoms with E-state index in [1.807, 2.05) is 12.1 Å². The van der Waals surface area contributed by atoms with Gasteiger partial charge in [0.05, 0.1) is 7.11 Å². The second-order valence-corrected chi connectivity index (χ2v) is 4.21. The van der Waals surface area contributed by atoms with Crippen LogP contribution in [0, 0.1) is 0 Å². The quantitative estimate of drug-likeness (QED) is 0.633. The smallest absolute Gasteiger partial charge is 0.346 e. The predicted molar refractivity (Wildman–Crippen MR) is 66.2 cm³/mol. The lowest BCUT2D eigenvalue weighted by Gasteiger charge is -2.13. The topological polar surface area (TPSA) is 35.5 Å². The Hall–Kier alpha value is -0.740. The van der Waals surface area contributed by atoms with Crippen LogP contribution in [0.15, 0.2) is 18.2 Å². The van der Waals surface area contributed by atoms with Gasteiger partial charge in [0.2, 0.25) is 0 Å². The second-order valence-electron chi connectivity index (χ2n) is 3.21. The molecule has 16 heavy (non-hydrogen) atoms. The molecular weight excluding hydrogens is 295 g/mol. The minimum Gasteiger partial charge on any atom is -0.479 e. The molecule has 0 unspecified atom stereocenters. The largest absolute Gasteiger partial charge is 0.479 e. The Morgan fingerprint density at radius 3 is 2.75 bits per heavy atom. The highest BCUT2D eigenvalue weighted by molar-refractivity contribution is 9.08. The molecular formula is C11H12BrClO3. The van der Waals surface area contributed by atoms with Gasteiger partial charge in [0, 0.05) is 10.4 Å². The maximum Gasteiger partial charge on any atom is 0.346 e. The predicted octanol–water partition coefficient (Wildman–Crippen LogP) is 3.18. The fourth-order valence-electron chi connectivity index (χ4n) is 1.18. The number of methoxy groups -OCH3 is 1. The van der Waals surface area contributed by atoms with Gasteiger partial charge in [-0.1, -0.05) is 27.5 Å². The van der Waals surface area contributed by atoms with Gasteiger partial charge >= 0.3 is 5.97 Å². The maximum atomic E-state index is 11.2. The van der Waals surface area contributed by atoms with E-state index in [0.29, 0.717) is 16.1 Å². The summed E-state index contributed by atoms with van der Waals surface area (Å²) >= 11 is 9.24. The molecule has 0 aromatic heterocycles. The van der Waals surface area contributed by atoms with Crippen molar-refractivity contribution >= 4 is 33.5 Å². The summed E-state index contributed by atoms with van der Waals surface area (Å²) in [7, 11) is 1.32. The van der Waals surface area contributed by atoms with E-state index < -0.39 is 12.1 Å². The van der Waals surface area contributed by atoms with Crippen LogP contribution in [0.4, 0.5) is 0 Å². The van der Waals surface area contributed by atoms with Gasteiger partial charge in [-0.2, -0.15) is 0 Å². The van der Waals surface area contributed by atoms with Crippen LogP contribution in [0.2, 0.25) is 5.02 Å². The molecule has 3 nitrogen and oxygen atoms in total. The first-order valence-corrected chi connectivity index (χ1v) is 6.16. The molecule has 0 aliphatic rings. The van der Waals surface area contributed by atoms with Crippen LogP contribution < -0.4 is 4.74 Å². The highest BCUT2D eigenvalue weighted by Gasteiger charge is 2.15. The van der Waals surface area contributed by atoms with Crippen LogP contribution in [0.5, 0.6) is 5.75 Å². The zero-order valence-electron chi connectivity index (χ0n) is 9.00. The minimum atomic E-state index is -0.647. The minimum absolute atomic E-state index is 0.416. The van der Waals surface area contributed by atoms with Crippen molar-refractivity contribution in [1.29, 1.82) is 0 Å². The molecule has 0 fully saturated rings. The third kappa shape index (κ3) is 3.68. The summed E-state index contributed by atoms with van der Waals surface area (Å²) in [5.74, 6) is 0.139. The summed E-state index contributed by atoms with van der Waals surface area (Å²) in [6.45, 7) is 1.63. The first-order valence-electron chi connectivity index (χ1n) is 4.66. The van der Waals surface area contributed by atoms with Gasteiger partial charge < -0.3 is 9.47 Å². The summed E-state index contributed by atoms with van der Waals surface area (Å²) in [6.07, 6.45) is -0.647. The average Bonchev–Trinajstić information content (AvgIpc) is 2.26. The summed E-state index contributed by atoms with van der Waals surface area (Å²) in [6, 6.07) is 5.30. The number of halogens is 2. The Morgan fingerprint density at radius 2 is 2.19 bits per heavy atom. The molecule has 5 heteroatoms. The fourth-order valence-corrected chi connectivity index (χ4v) is 1.76. The Balaban J connectivity index is 2.80. The standard InChI is InChI=1S/C11H12BrClO3/c1-7(11(14)15-2)16-10-4-8(6-12)3-9(13)5-10/h3-5,7H,6H2,1-2H3/t7-/m1/s1. The first kappa shape index (κ1) is 13.3. The highest BCUT2D eigenvalue weighted by atomic mass is 79.9. The van der Waals surface area contributed by atoms with Gasteiger partial charge in [-0.25, -0.2) is 4.79 Å². The number of alkyl halides is 1. The molecule has 0 radical (unpaired) electrons. The Morgan fingerprint density at radius 1 is 1.50 bits per heavy atom. The molecule has 88 valence electrons. The number of rotatable bonds is 4. The zero-order chi connectivity index (χ0) is 12.1. The van der Waals surface area contributed by atoms with E-state index in [0.717, 1.165) is 5.56 Å². The van der Waals surface area contributed by atoms with E-state index in [4.69, 9.17) is 16.3 Å². The number of esters is 1. The lowest BCUT2D eigenvalue weighted by molar-refractivity contribution is -0.147. The van der Waals surface area contributed by atoms with E-state index in [2.05, 4.69) is 20.7 Å². The number of ether oxygens (including phenoxy) is 2. The molecule has 0 bridgehead atoms. The molecule has 0 saturated carbocycles. The fraction of sp³-hybridized carbons (Fsp3) is 0.364. The normalized spacial score (nSPS) is 12.0. The lowest BCUT2D eigenvalue weighted by atomic mass is 10.2. The van der Waals surface area contributed by atoms with Gasteiger partial charge in [0.1, 0.15) is 5.75 Å². The van der Waals surface area contributed by atoms with Crippen LogP contribution in [0.25, 0.3) is 0 Å². The van der Waals surface area contributed by atoms with Crippen LogP contribution in [-0.2, 0) is 14.9 Å². The van der Waals surface area contributed by atoms with Crippen molar-refractivity contribution in [2.45, 2.75) is 18.4 Å². The van der Waals surface area contributed by atoms with Crippen molar-refractivity contribution in [2.75, 3.05) is 7.11 Å². The van der Waals surface area contributed by atoms with Crippen LogP contribution in [0.1, 0.15) is 12.5 Å². The summed E-state index contributed by atoms with van der Waals surface area (Å²) in [5.41, 5.74) is 0.986. The van der Waals surface area contributed by atoms with Crippen molar-refractivity contribution in [3.8, 4) is 5.75 Å². The summed E-state index contributed by atoms with van der Waals surface area (Å²) in [4.78, 5) is 11.2. The second kappa shape index (κ2) is 6.11. The van der Waals surface area contributed by atoms with E-state index in [1.165, 1.54) is 7.11 Å². The van der Waals surface area contributed by atoms with Gasteiger partial charge in [0.15, 0.2) is 6.10 Å².